The molecule has 0 spiro atoms. The van der Waals surface area contributed by atoms with Gasteiger partial charge in [-0.05, 0) is 54.8 Å². The number of amides is 3. The minimum atomic E-state index is -0.482. The van der Waals surface area contributed by atoms with Crippen LogP contribution < -0.4 is 15.5 Å². The number of anilines is 1. The number of carbonyl (C=O) groups excluding carboxylic acids is 2. The monoisotopic (exact) mass is 421 g/mol. The highest BCUT2D eigenvalue weighted by atomic mass is 35.5. The Morgan fingerprint density at radius 3 is 2.43 bits per heavy atom. The lowest BCUT2D eigenvalue weighted by molar-refractivity contribution is -0.126. The van der Waals surface area contributed by atoms with Gasteiger partial charge in [0.2, 0.25) is 5.91 Å². The van der Waals surface area contributed by atoms with Crippen LogP contribution in [0.15, 0.2) is 48.5 Å². The summed E-state index contributed by atoms with van der Waals surface area (Å²) in [4.78, 5) is 26.5. The summed E-state index contributed by atoms with van der Waals surface area (Å²) in [5, 5.41) is 6.47. The van der Waals surface area contributed by atoms with Crippen molar-refractivity contribution in [1.82, 2.24) is 10.6 Å². The average Bonchev–Trinajstić information content (AvgIpc) is 3.42. The molecule has 0 radical (unpaired) electrons. The van der Waals surface area contributed by atoms with E-state index in [9.17, 15) is 9.59 Å². The van der Waals surface area contributed by atoms with Gasteiger partial charge < -0.3 is 10.6 Å². The summed E-state index contributed by atoms with van der Waals surface area (Å²) in [5.41, 5.74) is 2.25. The van der Waals surface area contributed by atoms with Gasteiger partial charge in [0.05, 0.1) is 12.0 Å². The smallest absolute Gasteiger partial charge is 0.321 e. The molecule has 1 aliphatic heterocycles. The van der Waals surface area contributed by atoms with Crippen LogP contribution in [0.2, 0.25) is 5.02 Å². The van der Waals surface area contributed by atoms with E-state index in [1.54, 1.807) is 4.90 Å². The Labute approximate surface area is 181 Å². The Morgan fingerprint density at radius 2 is 1.80 bits per heavy atom. The van der Waals surface area contributed by atoms with Crippen LogP contribution in [0.25, 0.3) is 0 Å². The van der Waals surface area contributed by atoms with Crippen LogP contribution in [0.1, 0.15) is 36.8 Å². The number of halogens is 1. The highest BCUT2D eigenvalue weighted by Gasteiger charge is 2.42. The maximum atomic E-state index is 13.0. The first-order valence-electron chi connectivity index (χ1n) is 10.3. The molecule has 0 aromatic heterocycles. The van der Waals surface area contributed by atoms with Crippen molar-refractivity contribution < 1.29 is 9.59 Å². The van der Waals surface area contributed by atoms with Crippen molar-refractivity contribution >= 4 is 29.2 Å². The van der Waals surface area contributed by atoms with Gasteiger partial charge in [0.25, 0.3) is 0 Å². The molecule has 2 aromatic carbocycles. The van der Waals surface area contributed by atoms with E-state index < -0.39 is 5.41 Å². The molecule has 1 heterocycles. The van der Waals surface area contributed by atoms with Crippen LogP contribution in [0.3, 0.4) is 0 Å². The second-order valence-corrected chi connectivity index (χ2v) is 8.15. The molecule has 2 aliphatic rings. The molecule has 0 atom stereocenters. The Kier molecular flexibility index (Phi) is 5.96. The van der Waals surface area contributed by atoms with E-state index in [-0.39, 0.29) is 11.9 Å². The fourth-order valence-corrected chi connectivity index (χ4v) is 4.40. The van der Waals surface area contributed by atoms with Crippen molar-refractivity contribution in [1.29, 1.82) is 0 Å². The third-order valence-corrected chi connectivity index (χ3v) is 6.15. The fraction of sp³-hybridized carbons (Fsp3) is 0.333. The molecule has 0 unspecified atom stereocenters. The highest BCUT2D eigenvalue weighted by Crippen LogP contribution is 2.41. The second-order valence-electron chi connectivity index (χ2n) is 7.71. The van der Waals surface area contributed by atoms with E-state index in [0.29, 0.717) is 24.7 Å². The lowest BCUT2D eigenvalue weighted by Gasteiger charge is -2.28. The number of hydrogen-bond donors (Lipinski definition) is 2. The SMILES string of the molecule is O=C1NCCN1c1ccc(C#CCNC(=O)C2(c3ccc(Cl)cc3)CCCC2)cc1. The van der Waals surface area contributed by atoms with Crippen molar-refractivity contribution in [3.63, 3.8) is 0 Å². The van der Waals surface area contributed by atoms with E-state index in [1.165, 1.54) is 0 Å². The number of rotatable bonds is 4. The first-order chi connectivity index (χ1) is 14.6. The van der Waals surface area contributed by atoms with Gasteiger partial charge in [-0.1, -0.05) is 48.4 Å². The predicted molar refractivity (Wildman–Crippen MR) is 119 cm³/mol. The molecule has 1 saturated heterocycles. The van der Waals surface area contributed by atoms with E-state index in [0.717, 1.165) is 42.5 Å². The van der Waals surface area contributed by atoms with Gasteiger partial charge in [0.1, 0.15) is 0 Å². The van der Waals surface area contributed by atoms with Crippen LogP contribution >= 0.6 is 11.6 Å². The Hall–Kier alpha value is -2.97. The van der Waals surface area contributed by atoms with E-state index in [2.05, 4.69) is 22.5 Å². The Bertz CT molecular complexity index is 984. The number of nitrogens with zero attached hydrogens (tertiary/aromatic N) is 1. The first kappa shape index (κ1) is 20.3. The molecule has 154 valence electrons. The second kappa shape index (κ2) is 8.81. The Morgan fingerprint density at radius 1 is 1.10 bits per heavy atom. The number of hydrogen-bond acceptors (Lipinski definition) is 2. The molecule has 5 nitrogen and oxygen atoms in total. The van der Waals surface area contributed by atoms with E-state index in [4.69, 9.17) is 11.6 Å². The molecule has 0 bridgehead atoms. The van der Waals surface area contributed by atoms with Crippen LogP contribution in [0.4, 0.5) is 10.5 Å². The minimum absolute atomic E-state index is 0.0343. The van der Waals surface area contributed by atoms with Gasteiger partial charge in [0, 0.05) is 29.4 Å². The van der Waals surface area contributed by atoms with Gasteiger partial charge >= 0.3 is 6.03 Å². The topological polar surface area (TPSA) is 61.4 Å². The predicted octanol–water partition coefficient (Wildman–Crippen LogP) is 3.85. The number of nitrogens with one attached hydrogen (secondary N) is 2. The summed E-state index contributed by atoms with van der Waals surface area (Å²) < 4.78 is 0. The standard InChI is InChI=1S/C24H24ClN3O2/c25-20-9-7-19(8-10-20)24(13-1-2-14-24)22(29)26-15-3-4-18-5-11-21(12-6-18)28-17-16-27-23(28)30/h5-12H,1-2,13-17H2,(H,26,29)(H,27,30). The van der Waals surface area contributed by atoms with Gasteiger partial charge in [-0.3, -0.25) is 9.69 Å². The Balaban J connectivity index is 1.38. The maximum Gasteiger partial charge on any atom is 0.321 e. The molecule has 4 rings (SSSR count). The highest BCUT2D eigenvalue weighted by molar-refractivity contribution is 6.30. The maximum absolute atomic E-state index is 13.0. The summed E-state index contributed by atoms with van der Waals surface area (Å²) in [7, 11) is 0. The van der Waals surface area contributed by atoms with Gasteiger partial charge in [0.15, 0.2) is 0 Å². The zero-order valence-electron chi connectivity index (χ0n) is 16.7. The molecule has 6 heteroatoms. The van der Waals surface area contributed by atoms with Crippen LogP contribution in [0, 0.1) is 11.8 Å². The van der Waals surface area contributed by atoms with E-state index >= 15 is 0 Å². The van der Waals surface area contributed by atoms with Gasteiger partial charge in [-0.2, -0.15) is 0 Å². The molecular formula is C24H24ClN3O2. The summed E-state index contributed by atoms with van der Waals surface area (Å²) in [5.74, 6) is 6.15. The fourth-order valence-electron chi connectivity index (χ4n) is 4.28. The van der Waals surface area contributed by atoms with Crippen molar-refractivity contribution in [2.45, 2.75) is 31.1 Å². The minimum Gasteiger partial charge on any atom is -0.344 e. The zero-order chi connectivity index (χ0) is 21.0. The third kappa shape index (κ3) is 4.15. The largest absolute Gasteiger partial charge is 0.344 e. The molecule has 1 aliphatic carbocycles. The summed E-state index contributed by atoms with van der Waals surface area (Å²) in [6, 6.07) is 15.1. The van der Waals surface area contributed by atoms with Crippen molar-refractivity contribution in [3.05, 3.63) is 64.7 Å². The first-order valence-corrected chi connectivity index (χ1v) is 10.6. The molecule has 3 amide bonds. The van der Waals surface area contributed by atoms with Gasteiger partial charge in [-0.25, -0.2) is 4.79 Å². The third-order valence-electron chi connectivity index (χ3n) is 5.89. The van der Waals surface area contributed by atoms with Gasteiger partial charge in [-0.15, -0.1) is 0 Å². The summed E-state index contributed by atoms with van der Waals surface area (Å²) >= 11 is 6.02. The lowest BCUT2D eigenvalue weighted by Crippen LogP contribution is -2.42. The summed E-state index contributed by atoms with van der Waals surface area (Å²) in [6.45, 7) is 1.63. The zero-order valence-corrected chi connectivity index (χ0v) is 17.5. The van der Waals surface area contributed by atoms with Crippen LogP contribution in [-0.4, -0.2) is 31.6 Å². The number of carbonyl (C=O) groups is 2. The molecule has 2 fully saturated rings. The molecular weight excluding hydrogens is 398 g/mol. The number of benzene rings is 2. The lowest BCUT2D eigenvalue weighted by atomic mass is 9.78. The molecule has 30 heavy (non-hydrogen) atoms. The normalized spacial score (nSPS) is 17.2. The molecule has 1 saturated carbocycles. The van der Waals surface area contributed by atoms with E-state index in [1.807, 2.05) is 48.5 Å². The van der Waals surface area contributed by atoms with Crippen molar-refractivity contribution in [3.8, 4) is 11.8 Å². The average molecular weight is 422 g/mol. The van der Waals surface area contributed by atoms with Crippen molar-refractivity contribution in [2.75, 3.05) is 24.5 Å². The van der Waals surface area contributed by atoms with Crippen LogP contribution in [-0.2, 0) is 10.2 Å². The molecule has 2 N–H and O–H groups in total. The van der Waals surface area contributed by atoms with Crippen molar-refractivity contribution in [2.24, 2.45) is 0 Å². The van der Waals surface area contributed by atoms with Crippen LogP contribution in [0.5, 0.6) is 0 Å². The summed E-state index contributed by atoms with van der Waals surface area (Å²) in [6.07, 6.45) is 3.78. The molecule has 2 aromatic rings. The quantitative estimate of drug-likeness (QED) is 0.736. The number of urea groups is 1.